The topological polar surface area (TPSA) is 120 Å². The molecule has 4 N–H and O–H groups in total. The van der Waals surface area contributed by atoms with Crippen LogP contribution < -0.4 is 0 Å². The SMILES string of the molecule is O=[P+](O[C@@H]1O[C@H](CO)[C@@H](O)[C@H](O)[C@@H]1O)N(CCCl)CCCl. The van der Waals surface area contributed by atoms with E-state index in [1.54, 1.807) is 0 Å². The van der Waals surface area contributed by atoms with Gasteiger partial charge in [-0.2, -0.15) is 0 Å². The van der Waals surface area contributed by atoms with Crippen LogP contribution in [0.5, 0.6) is 0 Å². The summed E-state index contributed by atoms with van der Waals surface area (Å²) in [6.45, 7) is -0.0868. The van der Waals surface area contributed by atoms with Gasteiger partial charge in [-0.3, -0.25) is 0 Å². The summed E-state index contributed by atoms with van der Waals surface area (Å²) in [5.41, 5.74) is 0. The normalized spacial score (nSPS) is 34.2. The molecule has 1 aliphatic heterocycles. The van der Waals surface area contributed by atoms with Gasteiger partial charge in [0.05, 0.1) is 19.7 Å². The smallest absolute Gasteiger partial charge is 0.394 e. The number of ether oxygens (including phenoxy) is 1. The van der Waals surface area contributed by atoms with E-state index in [1.165, 1.54) is 4.67 Å². The van der Waals surface area contributed by atoms with E-state index in [4.69, 9.17) is 37.6 Å². The van der Waals surface area contributed by atoms with E-state index in [-0.39, 0.29) is 24.8 Å². The lowest BCUT2D eigenvalue weighted by molar-refractivity contribution is -0.277. The molecule has 0 aromatic rings. The van der Waals surface area contributed by atoms with Gasteiger partial charge in [0.1, 0.15) is 24.4 Å². The number of rotatable bonds is 8. The summed E-state index contributed by atoms with van der Waals surface area (Å²) in [5.74, 6) is 0.409. The van der Waals surface area contributed by atoms with Gasteiger partial charge in [-0.05, 0) is 4.57 Å². The lowest BCUT2D eigenvalue weighted by atomic mass is 10.00. The summed E-state index contributed by atoms with van der Waals surface area (Å²) in [4.78, 5) is 0. The molecule has 21 heavy (non-hydrogen) atoms. The molecule has 0 amide bonds. The van der Waals surface area contributed by atoms with E-state index < -0.39 is 45.5 Å². The van der Waals surface area contributed by atoms with Crippen LogP contribution in [-0.2, 0) is 13.8 Å². The quantitative estimate of drug-likeness (QED) is 0.327. The van der Waals surface area contributed by atoms with E-state index >= 15 is 0 Å². The zero-order valence-corrected chi connectivity index (χ0v) is 13.5. The highest BCUT2D eigenvalue weighted by Gasteiger charge is 2.48. The summed E-state index contributed by atoms with van der Waals surface area (Å²) in [7, 11) is -2.41. The Bertz CT molecular complexity index is 333. The van der Waals surface area contributed by atoms with Crippen LogP contribution in [0, 0.1) is 0 Å². The fourth-order valence-electron chi connectivity index (χ4n) is 1.78. The molecule has 124 valence electrons. The van der Waals surface area contributed by atoms with Crippen molar-refractivity contribution in [2.24, 2.45) is 0 Å². The van der Waals surface area contributed by atoms with Crippen LogP contribution in [0.4, 0.5) is 0 Å². The Labute approximate surface area is 133 Å². The Morgan fingerprint density at radius 2 is 1.67 bits per heavy atom. The highest BCUT2D eigenvalue weighted by molar-refractivity contribution is 7.36. The monoisotopic (exact) mass is 366 g/mol. The Morgan fingerprint density at radius 3 is 2.14 bits per heavy atom. The van der Waals surface area contributed by atoms with Crippen molar-refractivity contribution in [1.82, 2.24) is 4.67 Å². The molecule has 1 fully saturated rings. The summed E-state index contributed by atoms with van der Waals surface area (Å²) in [6.07, 6.45) is -7.25. The average molecular weight is 367 g/mol. The molecular formula is C10H19Cl2NO7P+. The first-order chi connectivity index (χ1) is 9.96. The van der Waals surface area contributed by atoms with Gasteiger partial charge in [-0.1, -0.05) is 9.19 Å². The number of hydrogen-bond acceptors (Lipinski definition) is 7. The van der Waals surface area contributed by atoms with Crippen molar-refractivity contribution in [2.75, 3.05) is 31.5 Å². The molecule has 0 aliphatic carbocycles. The van der Waals surface area contributed by atoms with Crippen LogP contribution in [0.15, 0.2) is 0 Å². The third-order valence-corrected chi connectivity index (χ3v) is 4.55. The standard InChI is InChI=1S/C10H19Cl2NO7P/c11-1-3-13(4-2-12)21(18)20-10-9(17)8(16)7(15)6(5-14)19-10/h6-10,14-17H,1-5H2/q+1/t6-,7-,8+,9+,10+/m1/s1. The van der Waals surface area contributed by atoms with Gasteiger partial charge in [0.25, 0.3) is 0 Å². The second kappa shape index (κ2) is 9.52. The van der Waals surface area contributed by atoms with Crippen molar-refractivity contribution in [3.63, 3.8) is 0 Å². The Morgan fingerprint density at radius 1 is 1.10 bits per heavy atom. The maximum atomic E-state index is 12.1. The fourth-order valence-corrected chi connectivity index (χ4v) is 3.44. The predicted octanol–water partition coefficient (Wildman–Crippen LogP) is -0.760. The van der Waals surface area contributed by atoms with Gasteiger partial charge >= 0.3 is 8.18 Å². The summed E-state index contributed by atoms with van der Waals surface area (Å²) in [6, 6.07) is 0. The van der Waals surface area contributed by atoms with Gasteiger partial charge < -0.3 is 25.2 Å². The molecule has 0 aromatic heterocycles. The van der Waals surface area contributed by atoms with Crippen LogP contribution in [0.1, 0.15) is 0 Å². The number of halogens is 2. The van der Waals surface area contributed by atoms with Gasteiger partial charge in [0.15, 0.2) is 0 Å². The molecule has 0 aromatic carbocycles. The number of hydrogen-bond donors (Lipinski definition) is 4. The Balaban J connectivity index is 2.68. The Hall–Kier alpha value is 0.400. The summed E-state index contributed by atoms with van der Waals surface area (Å²) >= 11 is 11.2. The van der Waals surface area contributed by atoms with Crippen molar-refractivity contribution in [2.45, 2.75) is 30.7 Å². The molecule has 1 heterocycles. The largest absolute Gasteiger partial charge is 0.618 e. The minimum absolute atomic E-state index is 0.204. The molecule has 11 heteroatoms. The fraction of sp³-hybridized carbons (Fsp3) is 1.00. The van der Waals surface area contributed by atoms with E-state index in [9.17, 15) is 19.9 Å². The Kier molecular flexibility index (Phi) is 8.82. The maximum absolute atomic E-state index is 12.1. The van der Waals surface area contributed by atoms with Gasteiger partial charge in [-0.15, -0.1) is 23.2 Å². The van der Waals surface area contributed by atoms with Crippen LogP contribution in [-0.4, -0.2) is 87.3 Å². The predicted molar refractivity (Wildman–Crippen MR) is 75.5 cm³/mol. The molecule has 1 aliphatic rings. The van der Waals surface area contributed by atoms with E-state index in [1.807, 2.05) is 0 Å². The summed E-state index contributed by atoms with van der Waals surface area (Å²) in [5, 5.41) is 38.0. The molecule has 0 radical (unpaired) electrons. The van der Waals surface area contributed by atoms with Crippen molar-refractivity contribution in [3.8, 4) is 0 Å². The van der Waals surface area contributed by atoms with Crippen molar-refractivity contribution < 1.29 is 34.3 Å². The first kappa shape index (κ1) is 19.4. The second-order valence-corrected chi connectivity index (χ2v) is 6.38. The van der Waals surface area contributed by atoms with Gasteiger partial charge in [-0.25, -0.2) is 0 Å². The second-order valence-electron chi connectivity index (χ2n) is 4.37. The third-order valence-electron chi connectivity index (χ3n) is 2.96. The molecule has 6 atom stereocenters. The van der Waals surface area contributed by atoms with E-state index in [2.05, 4.69) is 0 Å². The lowest BCUT2D eigenvalue weighted by Gasteiger charge is -2.37. The first-order valence-corrected chi connectivity index (χ1v) is 8.47. The third kappa shape index (κ3) is 5.21. The number of aliphatic hydroxyl groups excluding tert-OH is 4. The maximum Gasteiger partial charge on any atom is 0.618 e. The number of aliphatic hydroxyl groups is 4. The first-order valence-electron chi connectivity index (χ1n) is 6.27. The lowest BCUT2D eigenvalue weighted by Crippen LogP contribution is -2.58. The van der Waals surface area contributed by atoms with Crippen LogP contribution in [0.2, 0.25) is 0 Å². The number of nitrogens with zero attached hydrogens (tertiary/aromatic N) is 1. The summed E-state index contributed by atoms with van der Waals surface area (Å²) < 4.78 is 23.6. The molecule has 1 rings (SSSR count). The van der Waals surface area contributed by atoms with Gasteiger partial charge in [0, 0.05) is 11.8 Å². The molecule has 1 unspecified atom stereocenters. The molecule has 0 saturated carbocycles. The highest BCUT2D eigenvalue weighted by atomic mass is 35.5. The van der Waals surface area contributed by atoms with Gasteiger partial charge in [0.2, 0.25) is 6.29 Å². The van der Waals surface area contributed by atoms with Crippen LogP contribution >= 0.6 is 31.4 Å². The van der Waals surface area contributed by atoms with Crippen molar-refractivity contribution in [1.29, 1.82) is 0 Å². The molecule has 8 nitrogen and oxygen atoms in total. The molecule has 0 spiro atoms. The zero-order chi connectivity index (χ0) is 16.0. The van der Waals surface area contributed by atoms with Crippen molar-refractivity contribution in [3.05, 3.63) is 0 Å². The van der Waals surface area contributed by atoms with E-state index in [0.29, 0.717) is 0 Å². The zero-order valence-electron chi connectivity index (χ0n) is 11.1. The van der Waals surface area contributed by atoms with Crippen LogP contribution in [0.3, 0.4) is 0 Å². The highest BCUT2D eigenvalue weighted by Crippen LogP contribution is 2.34. The minimum Gasteiger partial charge on any atom is -0.394 e. The van der Waals surface area contributed by atoms with Crippen LogP contribution in [0.25, 0.3) is 0 Å². The molecular weight excluding hydrogens is 348 g/mol. The molecule has 1 saturated heterocycles. The average Bonchev–Trinajstić information content (AvgIpc) is 2.47. The van der Waals surface area contributed by atoms with Crippen molar-refractivity contribution >= 4 is 31.4 Å². The molecule has 0 bridgehead atoms. The minimum atomic E-state index is -2.41. The number of alkyl halides is 2. The van der Waals surface area contributed by atoms with E-state index in [0.717, 1.165) is 0 Å².